The number of benzene rings is 1. The van der Waals surface area contributed by atoms with Crippen molar-refractivity contribution in [3.63, 3.8) is 0 Å². The number of rotatable bonds is 4. The molecule has 1 aromatic rings. The summed E-state index contributed by atoms with van der Waals surface area (Å²) in [5, 5.41) is 6.89. The second-order valence-electron chi connectivity index (χ2n) is 6.69. The van der Waals surface area contributed by atoms with Gasteiger partial charge in [-0.2, -0.15) is 0 Å². The Morgan fingerprint density at radius 2 is 1.79 bits per heavy atom. The van der Waals surface area contributed by atoms with Crippen LogP contribution in [0.2, 0.25) is 0 Å². The van der Waals surface area contributed by atoms with Crippen LogP contribution in [0.3, 0.4) is 0 Å². The van der Waals surface area contributed by atoms with Crippen molar-refractivity contribution in [2.45, 2.75) is 6.04 Å². The topological polar surface area (TPSA) is 97.8 Å². The summed E-state index contributed by atoms with van der Waals surface area (Å²) in [7, 11) is 6.73. The predicted molar refractivity (Wildman–Crippen MR) is 101 cm³/mol. The highest BCUT2D eigenvalue weighted by molar-refractivity contribution is 5.98. The van der Waals surface area contributed by atoms with Crippen molar-refractivity contribution in [3.8, 4) is 17.2 Å². The van der Waals surface area contributed by atoms with Gasteiger partial charge < -0.3 is 29.0 Å². The Labute approximate surface area is 164 Å². The number of hydrogen-bond donors (Lipinski definition) is 1. The Bertz CT molecular complexity index is 682. The van der Waals surface area contributed by atoms with Crippen molar-refractivity contribution in [1.82, 2.24) is 9.80 Å². The minimum atomic E-state index is -0.250. The molecular weight excluding hydrogens is 368 g/mol. The van der Waals surface area contributed by atoms with Crippen LogP contribution in [0.5, 0.6) is 17.2 Å². The fraction of sp³-hybridized carbons (Fsp3) is 0.579. The van der Waals surface area contributed by atoms with Gasteiger partial charge in [0.05, 0.1) is 46.1 Å². The third kappa shape index (κ3) is 4.66. The van der Waals surface area contributed by atoms with Gasteiger partial charge in [0.25, 0.3) is 12.4 Å². The van der Waals surface area contributed by atoms with Crippen LogP contribution in [0.15, 0.2) is 12.1 Å². The summed E-state index contributed by atoms with van der Waals surface area (Å²) in [5.74, 6) is 1.64. The fourth-order valence-corrected chi connectivity index (χ4v) is 3.66. The zero-order chi connectivity index (χ0) is 20.7. The van der Waals surface area contributed by atoms with Crippen LogP contribution in [0.4, 0.5) is 0 Å². The van der Waals surface area contributed by atoms with Gasteiger partial charge in [-0.05, 0) is 19.2 Å². The first-order valence-electron chi connectivity index (χ1n) is 8.94. The molecule has 0 saturated carbocycles. The molecule has 2 aliphatic rings. The molecular formula is C19H28N2O7. The minimum absolute atomic E-state index is 0.0509. The maximum absolute atomic E-state index is 13.2. The summed E-state index contributed by atoms with van der Waals surface area (Å²) in [6.07, 6.45) is 0. The van der Waals surface area contributed by atoms with Crippen LogP contribution in [0, 0.1) is 5.92 Å². The largest absolute Gasteiger partial charge is 0.493 e. The smallest absolute Gasteiger partial charge is 0.290 e. The Kier molecular flexibility index (Phi) is 7.89. The van der Waals surface area contributed by atoms with Crippen molar-refractivity contribution in [3.05, 3.63) is 17.7 Å². The second kappa shape index (κ2) is 10.1. The number of carbonyl (C=O) groups excluding carboxylic acids is 1. The van der Waals surface area contributed by atoms with Crippen LogP contribution < -0.4 is 14.2 Å². The standard InChI is InChI=1S/C18H26N2O5.CH2O2/c1-19-7-12-8-20(9-13(19)11-25-10-12)18(21)14-5-6-15(22-2)17(24-4)16(14)23-3;2-1-3/h5-6,12-13H,7-11H2,1-4H3;1H,(H,2,3)/t12-,13+;/m1./s1. The maximum atomic E-state index is 13.2. The molecule has 0 aliphatic carbocycles. The molecule has 28 heavy (non-hydrogen) atoms. The highest BCUT2D eigenvalue weighted by Gasteiger charge is 2.35. The van der Waals surface area contributed by atoms with Crippen molar-refractivity contribution >= 4 is 12.4 Å². The predicted octanol–water partition coefficient (Wildman–Crippen LogP) is 0.816. The lowest BCUT2D eigenvalue weighted by Gasteiger charge is -2.30. The number of nitrogens with zero attached hydrogens (tertiary/aromatic N) is 2. The van der Waals surface area contributed by atoms with E-state index in [1.807, 2.05) is 4.90 Å². The van der Waals surface area contributed by atoms with E-state index in [0.717, 1.165) is 6.54 Å². The number of fused-ring (bicyclic) bond motifs is 3. The number of ether oxygens (including phenoxy) is 4. The molecule has 9 nitrogen and oxygen atoms in total. The molecule has 2 heterocycles. The summed E-state index contributed by atoms with van der Waals surface area (Å²) in [6.45, 7) is 3.35. The van der Waals surface area contributed by atoms with E-state index in [9.17, 15) is 4.79 Å². The molecule has 0 aromatic heterocycles. The molecule has 2 saturated heterocycles. The third-order valence-electron chi connectivity index (χ3n) is 4.96. The van der Waals surface area contributed by atoms with Crippen LogP contribution in [0.1, 0.15) is 10.4 Å². The number of carbonyl (C=O) groups is 2. The molecule has 2 fully saturated rings. The quantitative estimate of drug-likeness (QED) is 0.747. The molecule has 1 N–H and O–H groups in total. The molecule has 0 spiro atoms. The average molecular weight is 396 g/mol. The normalized spacial score (nSPS) is 21.6. The summed E-state index contributed by atoms with van der Waals surface area (Å²) in [4.78, 5) is 25.8. The van der Waals surface area contributed by atoms with E-state index in [4.69, 9.17) is 28.8 Å². The van der Waals surface area contributed by atoms with Gasteiger partial charge in [0.2, 0.25) is 5.75 Å². The SMILES string of the molecule is COc1ccc(C(=O)N2C[C@@H]3COC[C@H](C2)N(C)C3)c(OC)c1OC.O=CO. The molecule has 156 valence electrons. The number of amides is 1. The van der Waals surface area contributed by atoms with E-state index in [0.29, 0.717) is 55.0 Å². The van der Waals surface area contributed by atoms with Gasteiger partial charge >= 0.3 is 0 Å². The van der Waals surface area contributed by atoms with Crippen LogP contribution in [0.25, 0.3) is 0 Å². The maximum Gasteiger partial charge on any atom is 0.290 e. The van der Waals surface area contributed by atoms with Gasteiger partial charge in [-0.25, -0.2) is 0 Å². The summed E-state index contributed by atoms with van der Waals surface area (Å²) < 4.78 is 21.9. The highest BCUT2D eigenvalue weighted by atomic mass is 16.5. The number of carboxylic acid groups (broad SMARTS) is 1. The van der Waals surface area contributed by atoms with E-state index < -0.39 is 0 Å². The van der Waals surface area contributed by atoms with Gasteiger partial charge in [-0.3, -0.25) is 14.5 Å². The second-order valence-corrected chi connectivity index (χ2v) is 6.69. The number of methoxy groups -OCH3 is 3. The first-order valence-corrected chi connectivity index (χ1v) is 8.94. The van der Waals surface area contributed by atoms with E-state index in [-0.39, 0.29) is 18.4 Å². The van der Waals surface area contributed by atoms with Gasteiger partial charge in [0.15, 0.2) is 11.5 Å². The summed E-state index contributed by atoms with van der Waals surface area (Å²) in [5.41, 5.74) is 0.490. The molecule has 2 bridgehead atoms. The molecule has 1 amide bonds. The Balaban J connectivity index is 0.000000878. The Hall–Kier alpha value is -2.52. The van der Waals surface area contributed by atoms with E-state index in [2.05, 4.69) is 11.9 Å². The molecule has 0 radical (unpaired) electrons. The fourth-order valence-electron chi connectivity index (χ4n) is 3.66. The van der Waals surface area contributed by atoms with Crippen molar-refractivity contribution < 1.29 is 33.6 Å². The lowest BCUT2D eigenvalue weighted by atomic mass is 10.1. The summed E-state index contributed by atoms with van der Waals surface area (Å²) >= 11 is 0. The van der Waals surface area contributed by atoms with Crippen molar-refractivity contribution in [1.29, 1.82) is 0 Å². The average Bonchev–Trinajstić information content (AvgIpc) is 2.95. The minimum Gasteiger partial charge on any atom is -0.493 e. The Morgan fingerprint density at radius 1 is 1.11 bits per heavy atom. The number of hydrogen-bond acceptors (Lipinski definition) is 7. The van der Waals surface area contributed by atoms with E-state index in [1.54, 1.807) is 19.2 Å². The molecule has 0 unspecified atom stereocenters. The van der Waals surface area contributed by atoms with Crippen LogP contribution in [-0.4, -0.2) is 94.6 Å². The molecule has 1 aromatic carbocycles. The van der Waals surface area contributed by atoms with Gasteiger partial charge in [0.1, 0.15) is 0 Å². The lowest BCUT2D eigenvalue weighted by Crippen LogP contribution is -2.44. The van der Waals surface area contributed by atoms with Gasteiger partial charge in [-0.15, -0.1) is 0 Å². The number of likely N-dealkylation sites (N-methyl/N-ethyl adjacent to an activating group) is 1. The van der Waals surface area contributed by atoms with E-state index >= 15 is 0 Å². The first-order chi connectivity index (χ1) is 13.5. The summed E-state index contributed by atoms with van der Waals surface area (Å²) in [6, 6.07) is 3.69. The lowest BCUT2D eigenvalue weighted by molar-refractivity contribution is -0.122. The van der Waals surface area contributed by atoms with Crippen LogP contribution in [-0.2, 0) is 9.53 Å². The molecule has 2 atom stereocenters. The van der Waals surface area contributed by atoms with Gasteiger partial charge in [-0.1, -0.05) is 0 Å². The van der Waals surface area contributed by atoms with E-state index in [1.165, 1.54) is 14.2 Å². The first kappa shape index (κ1) is 21.8. The van der Waals surface area contributed by atoms with Gasteiger partial charge in [0, 0.05) is 25.6 Å². The van der Waals surface area contributed by atoms with Crippen molar-refractivity contribution in [2.75, 3.05) is 61.2 Å². The molecule has 3 rings (SSSR count). The Morgan fingerprint density at radius 3 is 2.39 bits per heavy atom. The molecule has 2 aliphatic heterocycles. The van der Waals surface area contributed by atoms with Crippen molar-refractivity contribution in [2.24, 2.45) is 5.92 Å². The zero-order valence-corrected chi connectivity index (χ0v) is 16.7. The van der Waals surface area contributed by atoms with Crippen LogP contribution >= 0.6 is 0 Å². The highest BCUT2D eigenvalue weighted by Crippen LogP contribution is 2.40. The molecule has 9 heteroatoms. The third-order valence-corrected chi connectivity index (χ3v) is 4.96. The monoisotopic (exact) mass is 396 g/mol. The zero-order valence-electron chi connectivity index (χ0n) is 16.7.